The minimum atomic E-state index is -1.60. The molecular weight excluding hydrogens is 348 g/mol. The second-order valence-corrected chi connectivity index (χ2v) is 7.58. The molecule has 148 valence electrons. The van der Waals surface area contributed by atoms with Crippen molar-refractivity contribution in [3.63, 3.8) is 0 Å². The predicted octanol–water partition coefficient (Wildman–Crippen LogP) is 1.09. The van der Waals surface area contributed by atoms with Gasteiger partial charge in [0, 0.05) is 11.6 Å². The van der Waals surface area contributed by atoms with Gasteiger partial charge >= 0.3 is 5.97 Å². The van der Waals surface area contributed by atoms with E-state index in [-0.39, 0.29) is 12.1 Å². The van der Waals surface area contributed by atoms with E-state index >= 15 is 0 Å². The molecule has 0 aromatic heterocycles. The fourth-order valence-electron chi connectivity index (χ4n) is 3.70. The number of aliphatic imine (C=N–C) groups is 1. The second-order valence-electron chi connectivity index (χ2n) is 7.58. The molecule has 0 radical (unpaired) electrons. The highest BCUT2D eigenvalue weighted by Crippen LogP contribution is 2.33. The summed E-state index contributed by atoms with van der Waals surface area (Å²) in [5.41, 5.74) is 12.4. The van der Waals surface area contributed by atoms with Crippen LogP contribution >= 0.6 is 0 Å². The quantitative estimate of drug-likeness (QED) is 0.342. The van der Waals surface area contributed by atoms with Gasteiger partial charge in [0.15, 0.2) is 0 Å². The van der Waals surface area contributed by atoms with E-state index in [1.807, 2.05) is 12.1 Å². The number of carboxylic acid groups (broad SMARTS) is 1. The predicted molar refractivity (Wildman–Crippen MR) is 101 cm³/mol. The highest BCUT2D eigenvalue weighted by molar-refractivity contribution is 5.98. The van der Waals surface area contributed by atoms with Gasteiger partial charge in [-0.2, -0.15) is 0 Å². The van der Waals surface area contributed by atoms with Crippen molar-refractivity contribution in [2.45, 2.75) is 69.2 Å². The molecule has 2 aliphatic rings. The first-order valence-corrected chi connectivity index (χ1v) is 9.33. The number of nitrogens with zero attached hydrogens (tertiary/aromatic N) is 1. The largest absolute Gasteiger partial charge is 0.486 e. The topological polar surface area (TPSA) is 146 Å². The smallest absolute Gasteiger partial charge is 0.341 e. The lowest BCUT2D eigenvalue weighted by molar-refractivity contribution is -0.179. The van der Waals surface area contributed by atoms with Crippen molar-refractivity contribution in [1.82, 2.24) is 0 Å². The lowest BCUT2D eigenvalue weighted by Gasteiger charge is -2.35. The molecule has 0 spiro atoms. The third-order valence-corrected chi connectivity index (χ3v) is 5.65. The Balaban J connectivity index is 1.74. The molecule has 1 saturated carbocycles. The fourth-order valence-corrected chi connectivity index (χ4v) is 3.70. The van der Waals surface area contributed by atoms with Crippen LogP contribution in [0.25, 0.3) is 0 Å². The van der Waals surface area contributed by atoms with Crippen LogP contribution in [0.4, 0.5) is 0 Å². The number of nitrogens with two attached hydrogens (primary N) is 3. The number of benzene rings is 1. The molecule has 8 heteroatoms. The van der Waals surface area contributed by atoms with Gasteiger partial charge in [-0.05, 0) is 69.2 Å². The molecule has 3 rings (SSSR count). The van der Waals surface area contributed by atoms with Crippen LogP contribution in [-0.2, 0) is 16.1 Å². The third-order valence-electron chi connectivity index (χ3n) is 5.65. The Hall–Kier alpha value is -2.16. The van der Waals surface area contributed by atoms with E-state index < -0.39 is 17.7 Å². The Kier molecular flexibility index (Phi) is 5.69. The zero-order valence-corrected chi connectivity index (χ0v) is 15.6. The van der Waals surface area contributed by atoms with Gasteiger partial charge in [-0.1, -0.05) is 0 Å². The van der Waals surface area contributed by atoms with Gasteiger partial charge in [-0.15, -0.1) is 0 Å². The molecular formula is C19H28N4O4. The van der Waals surface area contributed by atoms with Crippen LogP contribution < -0.4 is 22.1 Å². The van der Waals surface area contributed by atoms with Gasteiger partial charge in [-0.3, -0.25) is 9.83 Å². The molecule has 0 unspecified atom stereocenters. The number of hydrogen-bond donors (Lipinski definition) is 4. The third kappa shape index (κ3) is 4.07. The Bertz CT molecular complexity index is 730. The summed E-state index contributed by atoms with van der Waals surface area (Å²) in [6, 6.07) is 6.10. The Labute approximate surface area is 158 Å². The van der Waals surface area contributed by atoms with Crippen molar-refractivity contribution >= 4 is 11.8 Å². The number of amidine groups is 1. The van der Waals surface area contributed by atoms with Crippen LogP contribution in [0.2, 0.25) is 0 Å². The molecule has 1 heterocycles. The maximum absolute atomic E-state index is 11.5. The summed E-state index contributed by atoms with van der Waals surface area (Å²) in [5.74, 6) is 5.20. The maximum atomic E-state index is 11.5. The van der Waals surface area contributed by atoms with Gasteiger partial charge in [0.25, 0.3) is 0 Å². The van der Waals surface area contributed by atoms with Crippen LogP contribution in [0.5, 0.6) is 5.75 Å². The highest BCUT2D eigenvalue weighted by Gasteiger charge is 2.46. The first-order chi connectivity index (χ1) is 12.8. The summed E-state index contributed by atoms with van der Waals surface area (Å²) < 4.78 is 5.87. The molecule has 8 nitrogen and oxygen atoms in total. The summed E-state index contributed by atoms with van der Waals surface area (Å²) in [7, 11) is 0. The lowest BCUT2D eigenvalue weighted by Crippen LogP contribution is -2.54. The van der Waals surface area contributed by atoms with Crippen LogP contribution in [0.1, 0.15) is 50.2 Å². The Morgan fingerprint density at radius 3 is 2.63 bits per heavy atom. The van der Waals surface area contributed by atoms with Crippen LogP contribution in [0.3, 0.4) is 0 Å². The number of carbonyl (C=O) groups is 1. The molecule has 1 aliphatic heterocycles. The fraction of sp³-hybridized carbons (Fsp3) is 0.579. The molecule has 1 aliphatic carbocycles. The van der Waals surface area contributed by atoms with Crippen LogP contribution in [-0.4, -0.2) is 40.7 Å². The number of ether oxygens (including phenoxy) is 1. The molecule has 27 heavy (non-hydrogen) atoms. The second kappa shape index (κ2) is 7.84. The lowest BCUT2D eigenvalue weighted by atomic mass is 9.90. The number of aliphatic carboxylic acids is 1. The van der Waals surface area contributed by atoms with Crippen LogP contribution in [0, 0.1) is 0 Å². The van der Waals surface area contributed by atoms with Gasteiger partial charge < -0.3 is 21.3 Å². The normalized spacial score (nSPS) is 28.0. The van der Waals surface area contributed by atoms with Crippen molar-refractivity contribution < 1.29 is 19.5 Å². The van der Waals surface area contributed by atoms with Crippen molar-refractivity contribution in [3.05, 3.63) is 29.3 Å². The van der Waals surface area contributed by atoms with E-state index in [4.69, 9.17) is 26.9 Å². The van der Waals surface area contributed by atoms with Gasteiger partial charge in [0.1, 0.15) is 17.7 Å². The minimum absolute atomic E-state index is 0.222. The number of fused-ring (bicyclic) bond motifs is 1. The standard InChI is InChI=1S/C19H28N4O4/c1-19(27-22,18(24)25)16-9-3-11-10-12(2-8-15(11)26-16)17(21)23-14-6-4-13(20)5-7-14/h2,8,10,13-14,16H,3-7,9,20,22H2,1H3,(H2,21,23)(H,24,25)/t13?,14?,16-,19+/m1/s1. The number of aryl methyl sites for hydroxylation is 1. The first-order valence-electron chi connectivity index (χ1n) is 9.33. The van der Waals surface area contributed by atoms with Crippen molar-refractivity contribution in [2.75, 3.05) is 0 Å². The first kappa shape index (κ1) is 19.6. The molecule has 1 aromatic rings. The summed E-state index contributed by atoms with van der Waals surface area (Å²) >= 11 is 0. The summed E-state index contributed by atoms with van der Waals surface area (Å²) in [6.45, 7) is 1.42. The number of hydrogen-bond acceptors (Lipinski definition) is 6. The van der Waals surface area contributed by atoms with Gasteiger partial charge in [0.2, 0.25) is 5.60 Å². The summed E-state index contributed by atoms with van der Waals surface area (Å²) in [5, 5.41) is 9.40. The van der Waals surface area contributed by atoms with Crippen molar-refractivity contribution in [3.8, 4) is 5.75 Å². The summed E-state index contributed by atoms with van der Waals surface area (Å²) in [4.78, 5) is 20.9. The average molecular weight is 376 g/mol. The highest BCUT2D eigenvalue weighted by atomic mass is 16.7. The molecule has 1 fully saturated rings. The van der Waals surface area contributed by atoms with E-state index in [9.17, 15) is 9.90 Å². The summed E-state index contributed by atoms with van der Waals surface area (Å²) in [6.07, 6.45) is 4.34. The van der Waals surface area contributed by atoms with Gasteiger partial charge in [-0.25, -0.2) is 10.7 Å². The SMILES string of the molecule is C[C@@](ON)(C(=O)O)[C@H]1CCc2cc(C(N)=NC3CCC(N)CC3)ccc2O1. The van der Waals surface area contributed by atoms with E-state index in [2.05, 4.69) is 4.99 Å². The van der Waals surface area contributed by atoms with E-state index in [0.717, 1.165) is 36.8 Å². The average Bonchev–Trinajstić information content (AvgIpc) is 2.68. The Morgan fingerprint density at radius 2 is 2.00 bits per heavy atom. The number of carboxylic acids is 1. The molecule has 0 saturated heterocycles. The molecule has 7 N–H and O–H groups in total. The maximum Gasteiger partial charge on any atom is 0.341 e. The van der Waals surface area contributed by atoms with E-state index in [1.54, 1.807) is 6.07 Å². The molecule has 0 amide bonds. The minimum Gasteiger partial charge on any atom is -0.486 e. The zero-order chi connectivity index (χ0) is 19.6. The zero-order valence-electron chi connectivity index (χ0n) is 15.6. The Morgan fingerprint density at radius 1 is 1.30 bits per heavy atom. The molecule has 2 atom stereocenters. The van der Waals surface area contributed by atoms with Gasteiger partial charge in [0.05, 0.1) is 6.04 Å². The van der Waals surface area contributed by atoms with E-state index in [1.165, 1.54) is 6.92 Å². The molecule has 0 bridgehead atoms. The van der Waals surface area contributed by atoms with Crippen LogP contribution in [0.15, 0.2) is 23.2 Å². The van der Waals surface area contributed by atoms with E-state index in [0.29, 0.717) is 24.4 Å². The van der Waals surface area contributed by atoms with Crippen molar-refractivity contribution in [1.29, 1.82) is 0 Å². The monoisotopic (exact) mass is 376 g/mol. The number of rotatable bonds is 5. The van der Waals surface area contributed by atoms with Crippen molar-refractivity contribution in [2.24, 2.45) is 22.4 Å². The molecule has 1 aromatic carbocycles.